The number of nitrogens with one attached hydrogen (secondary N) is 3. The molecule has 0 saturated carbocycles. The minimum Gasteiger partial charge on any atom is -0.508 e. The summed E-state index contributed by atoms with van der Waals surface area (Å²) in [5.74, 6) is -4.86. The predicted octanol–water partition coefficient (Wildman–Crippen LogP) is -1.25. The molecule has 14 nitrogen and oxygen atoms in total. The number of phenolic OH excluding ortho intramolecular Hbond substituents is 1. The highest BCUT2D eigenvalue weighted by atomic mass is 16.4. The second-order valence-corrected chi connectivity index (χ2v) is 9.01. The zero-order valence-electron chi connectivity index (χ0n) is 20.4. The number of aromatic amines is 1. The highest BCUT2D eigenvalue weighted by Gasteiger charge is 2.39. The molecule has 0 bridgehead atoms. The van der Waals surface area contributed by atoms with Gasteiger partial charge in [0.25, 0.3) is 0 Å². The normalized spacial score (nSPS) is 17.3. The maximum atomic E-state index is 13.3. The van der Waals surface area contributed by atoms with E-state index in [1.54, 1.807) is 0 Å². The van der Waals surface area contributed by atoms with Crippen LogP contribution < -0.4 is 16.4 Å². The number of aromatic nitrogens is 2. The Morgan fingerprint density at radius 2 is 1.79 bits per heavy atom. The Morgan fingerprint density at radius 1 is 1.08 bits per heavy atom. The fourth-order valence-electron chi connectivity index (χ4n) is 4.22. The quantitative estimate of drug-likeness (QED) is 0.172. The van der Waals surface area contributed by atoms with Gasteiger partial charge in [-0.2, -0.15) is 0 Å². The van der Waals surface area contributed by atoms with Crippen molar-refractivity contribution in [2.24, 2.45) is 5.73 Å². The summed E-state index contributed by atoms with van der Waals surface area (Å²) in [5.41, 5.74) is 7.04. The summed E-state index contributed by atoms with van der Waals surface area (Å²) in [6.45, 7) is 0.124. The Kier molecular flexibility index (Phi) is 9.38. The smallest absolute Gasteiger partial charge is 0.326 e. The van der Waals surface area contributed by atoms with Crippen LogP contribution in [0.4, 0.5) is 0 Å². The maximum Gasteiger partial charge on any atom is 0.326 e. The Labute approximate surface area is 217 Å². The van der Waals surface area contributed by atoms with Gasteiger partial charge in [0.2, 0.25) is 17.7 Å². The highest BCUT2D eigenvalue weighted by Crippen LogP contribution is 2.20. The van der Waals surface area contributed by atoms with E-state index in [9.17, 15) is 39.3 Å². The number of phenols is 1. The van der Waals surface area contributed by atoms with Gasteiger partial charge in [-0.05, 0) is 30.5 Å². The third-order valence-electron chi connectivity index (χ3n) is 6.15. The molecule has 1 saturated heterocycles. The van der Waals surface area contributed by atoms with E-state index in [0.29, 0.717) is 17.7 Å². The molecule has 8 N–H and O–H groups in total. The van der Waals surface area contributed by atoms with Crippen molar-refractivity contribution in [2.45, 2.75) is 56.3 Å². The maximum absolute atomic E-state index is 13.3. The standard InChI is InChI=1S/C24H30N6O8/c25-16(9-14-11-26-12-27-14)21(34)28-17(10-20(32)33)23(36)30-7-1-2-19(30)22(35)29-18(24(37)38)8-13-3-5-15(31)6-4-13/h3-6,11-12,16-19,31H,1-2,7-10,25H2,(H,26,27)(H,28,34)(H,29,35)(H,32,33)(H,37,38). The van der Waals surface area contributed by atoms with Gasteiger partial charge in [0.15, 0.2) is 0 Å². The van der Waals surface area contributed by atoms with Gasteiger partial charge in [-0.1, -0.05) is 12.1 Å². The topological polar surface area (TPSA) is 228 Å². The summed E-state index contributed by atoms with van der Waals surface area (Å²) >= 11 is 0. The number of likely N-dealkylation sites (tertiary alicyclic amines) is 1. The predicted molar refractivity (Wildman–Crippen MR) is 131 cm³/mol. The van der Waals surface area contributed by atoms with Crippen molar-refractivity contribution >= 4 is 29.7 Å². The number of carboxylic acids is 2. The number of imidazole rings is 1. The average Bonchev–Trinajstić information content (AvgIpc) is 3.56. The Hall–Kier alpha value is -4.46. The van der Waals surface area contributed by atoms with Gasteiger partial charge in [-0.25, -0.2) is 9.78 Å². The fraction of sp³-hybridized carbons (Fsp3) is 0.417. The van der Waals surface area contributed by atoms with E-state index >= 15 is 0 Å². The second kappa shape index (κ2) is 12.7. The number of carbonyl (C=O) groups excluding carboxylic acids is 3. The van der Waals surface area contributed by atoms with Gasteiger partial charge in [0, 0.05) is 31.3 Å². The van der Waals surface area contributed by atoms with Crippen LogP contribution in [0.2, 0.25) is 0 Å². The molecular weight excluding hydrogens is 500 g/mol. The summed E-state index contributed by atoms with van der Waals surface area (Å²) in [4.78, 5) is 69.9. The summed E-state index contributed by atoms with van der Waals surface area (Å²) in [6.07, 6.45) is 2.83. The number of carbonyl (C=O) groups is 5. The van der Waals surface area contributed by atoms with Gasteiger partial charge in [0.05, 0.1) is 18.8 Å². The van der Waals surface area contributed by atoms with E-state index in [2.05, 4.69) is 20.6 Å². The molecule has 1 aromatic carbocycles. The van der Waals surface area contributed by atoms with Gasteiger partial charge < -0.3 is 41.6 Å². The lowest BCUT2D eigenvalue weighted by Crippen LogP contribution is -2.57. The van der Waals surface area contributed by atoms with Gasteiger partial charge in [-0.3, -0.25) is 19.2 Å². The molecule has 38 heavy (non-hydrogen) atoms. The highest BCUT2D eigenvalue weighted by molar-refractivity contribution is 5.96. The van der Waals surface area contributed by atoms with Crippen LogP contribution in [0.25, 0.3) is 0 Å². The van der Waals surface area contributed by atoms with Crippen molar-refractivity contribution in [3.8, 4) is 5.75 Å². The molecule has 0 radical (unpaired) electrons. The summed E-state index contributed by atoms with van der Waals surface area (Å²) in [5, 5.41) is 33.2. The third kappa shape index (κ3) is 7.52. The number of nitrogens with two attached hydrogens (primary N) is 1. The lowest BCUT2D eigenvalue weighted by molar-refractivity contribution is -0.147. The van der Waals surface area contributed by atoms with Crippen LogP contribution in [0.5, 0.6) is 5.75 Å². The fourth-order valence-corrected chi connectivity index (χ4v) is 4.22. The van der Waals surface area contributed by atoms with E-state index in [4.69, 9.17) is 5.73 Å². The average molecular weight is 531 g/mol. The van der Waals surface area contributed by atoms with Crippen molar-refractivity contribution in [3.05, 3.63) is 48.0 Å². The van der Waals surface area contributed by atoms with Crippen molar-refractivity contribution < 1.29 is 39.3 Å². The number of amides is 3. The Morgan fingerprint density at radius 3 is 2.39 bits per heavy atom. The van der Waals surface area contributed by atoms with E-state index in [1.807, 2.05) is 0 Å². The molecular formula is C24H30N6O8. The second-order valence-electron chi connectivity index (χ2n) is 9.01. The molecule has 2 aromatic rings. The minimum absolute atomic E-state index is 0.00930. The van der Waals surface area contributed by atoms with Crippen LogP contribution in [0.3, 0.4) is 0 Å². The van der Waals surface area contributed by atoms with Gasteiger partial charge in [-0.15, -0.1) is 0 Å². The van der Waals surface area contributed by atoms with E-state index in [-0.39, 0.29) is 31.6 Å². The molecule has 3 rings (SSSR count). The van der Waals surface area contributed by atoms with Crippen LogP contribution in [-0.4, -0.2) is 90.6 Å². The van der Waals surface area contributed by atoms with E-state index in [0.717, 1.165) is 4.90 Å². The summed E-state index contributed by atoms with van der Waals surface area (Å²) in [6, 6.07) is 0.923. The Balaban J connectivity index is 1.68. The molecule has 4 unspecified atom stereocenters. The first-order valence-corrected chi connectivity index (χ1v) is 11.9. The molecule has 1 aliphatic heterocycles. The summed E-state index contributed by atoms with van der Waals surface area (Å²) in [7, 11) is 0. The number of nitrogens with zero attached hydrogens (tertiary/aromatic N) is 2. The number of aliphatic carboxylic acids is 2. The number of benzene rings is 1. The molecule has 0 aliphatic carbocycles. The van der Waals surface area contributed by atoms with Crippen molar-refractivity contribution in [1.82, 2.24) is 25.5 Å². The van der Waals surface area contributed by atoms with Crippen LogP contribution in [-0.2, 0) is 36.8 Å². The lowest BCUT2D eigenvalue weighted by Gasteiger charge is -2.29. The van der Waals surface area contributed by atoms with Crippen LogP contribution in [0.1, 0.15) is 30.5 Å². The first-order valence-electron chi connectivity index (χ1n) is 11.9. The van der Waals surface area contributed by atoms with Crippen LogP contribution >= 0.6 is 0 Å². The molecule has 3 amide bonds. The van der Waals surface area contributed by atoms with Crippen molar-refractivity contribution in [3.63, 3.8) is 0 Å². The number of H-pyrrole nitrogens is 1. The first-order chi connectivity index (χ1) is 18.0. The first kappa shape index (κ1) is 28.1. The molecule has 14 heteroatoms. The Bertz CT molecular complexity index is 1150. The van der Waals surface area contributed by atoms with Crippen LogP contribution in [0, 0.1) is 0 Å². The number of hydrogen-bond donors (Lipinski definition) is 7. The van der Waals surface area contributed by atoms with Gasteiger partial charge >= 0.3 is 11.9 Å². The molecule has 1 fully saturated rings. The largest absolute Gasteiger partial charge is 0.508 e. The molecule has 1 aliphatic rings. The van der Waals surface area contributed by atoms with Crippen LogP contribution in [0.15, 0.2) is 36.8 Å². The molecule has 2 heterocycles. The zero-order valence-corrected chi connectivity index (χ0v) is 20.4. The number of hydrogen-bond acceptors (Lipinski definition) is 8. The molecule has 204 valence electrons. The molecule has 1 aromatic heterocycles. The third-order valence-corrected chi connectivity index (χ3v) is 6.15. The molecule has 0 spiro atoms. The van der Waals surface area contributed by atoms with E-state index < -0.39 is 60.2 Å². The number of aromatic hydroxyl groups is 1. The number of rotatable bonds is 12. The van der Waals surface area contributed by atoms with Gasteiger partial charge in [0.1, 0.15) is 23.9 Å². The monoisotopic (exact) mass is 530 g/mol. The van der Waals surface area contributed by atoms with Crippen molar-refractivity contribution in [1.29, 1.82) is 0 Å². The number of carboxylic acid groups (broad SMARTS) is 2. The zero-order chi connectivity index (χ0) is 27.8. The minimum atomic E-state index is -1.48. The SMILES string of the molecule is NC(Cc1cnc[nH]1)C(=O)NC(CC(=O)O)C(=O)N1CCCC1C(=O)NC(Cc1ccc(O)cc1)C(=O)O. The summed E-state index contributed by atoms with van der Waals surface area (Å²) < 4.78 is 0. The van der Waals surface area contributed by atoms with E-state index in [1.165, 1.54) is 36.8 Å². The molecule has 4 atom stereocenters. The lowest BCUT2D eigenvalue weighted by atomic mass is 10.0. The van der Waals surface area contributed by atoms with Crippen molar-refractivity contribution in [2.75, 3.05) is 6.54 Å².